The van der Waals surface area contributed by atoms with E-state index in [-0.39, 0.29) is 12.6 Å². The molecule has 2 aromatic heterocycles. The zero-order chi connectivity index (χ0) is 17.3. The predicted molar refractivity (Wildman–Crippen MR) is 96.7 cm³/mol. The molecule has 6 heteroatoms. The highest BCUT2D eigenvalue weighted by Gasteiger charge is 2.06. The summed E-state index contributed by atoms with van der Waals surface area (Å²) in [5, 5.41) is 1.71. The fourth-order valence-corrected chi connectivity index (χ4v) is 2.85. The van der Waals surface area contributed by atoms with Crippen molar-refractivity contribution in [3.05, 3.63) is 89.8 Å². The number of nitrogens with zero attached hydrogens (tertiary/aromatic N) is 2. The van der Waals surface area contributed by atoms with E-state index in [0.717, 1.165) is 5.76 Å². The molecule has 0 atom stereocenters. The Morgan fingerprint density at radius 3 is 2.92 bits per heavy atom. The Kier molecular flexibility index (Phi) is 6.11. The van der Waals surface area contributed by atoms with Crippen LogP contribution in [-0.4, -0.2) is 15.5 Å². The molecule has 0 bridgehead atoms. The van der Waals surface area contributed by atoms with Crippen LogP contribution in [0.25, 0.3) is 0 Å². The zero-order valence-electron chi connectivity index (χ0n) is 13.6. The molecule has 25 heavy (non-hydrogen) atoms. The molecule has 0 amide bonds. The first kappa shape index (κ1) is 17.1. The second-order valence-corrected chi connectivity index (χ2v) is 6.15. The average molecular weight is 354 g/mol. The van der Waals surface area contributed by atoms with Gasteiger partial charge in [0.1, 0.15) is 18.2 Å². The number of aromatic nitrogens is 2. The fraction of sp³-hybridized carbons (Fsp3) is 0.158. The van der Waals surface area contributed by atoms with E-state index in [1.165, 1.54) is 23.4 Å². The Morgan fingerprint density at radius 2 is 2.12 bits per heavy atom. The first-order chi connectivity index (χ1) is 12.3. The van der Waals surface area contributed by atoms with Crippen molar-refractivity contribution in [1.82, 2.24) is 9.55 Å². The molecule has 0 saturated heterocycles. The number of hydrogen-bond donors (Lipinski definition) is 0. The lowest BCUT2D eigenvalue weighted by Crippen LogP contribution is -2.08. The number of imidazole rings is 1. The van der Waals surface area contributed by atoms with E-state index in [4.69, 9.17) is 9.15 Å². The Hall–Kier alpha value is -2.73. The molecule has 5 nitrogen and oxygen atoms in total. The van der Waals surface area contributed by atoms with Crippen molar-refractivity contribution in [2.45, 2.75) is 18.9 Å². The molecule has 0 aliphatic rings. The highest BCUT2D eigenvalue weighted by molar-refractivity contribution is 8.01. The molecule has 0 saturated carbocycles. The van der Waals surface area contributed by atoms with Gasteiger partial charge in [-0.1, -0.05) is 30.3 Å². The summed E-state index contributed by atoms with van der Waals surface area (Å²) in [5.74, 6) is 1.87. The number of rotatable bonds is 8. The van der Waals surface area contributed by atoms with Crippen molar-refractivity contribution in [3.8, 4) is 0 Å². The van der Waals surface area contributed by atoms with E-state index in [1.807, 2.05) is 41.1 Å². The topological polar surface area (TPSA) is 57.3 Å². The number of thioether (sulfide) groups is 1. The second kappa shape index (κ2) is 8.94. The van der Waals surface area contributed by atoms with Gasteiger partial charge >= 0.3 is 5.97 Å². The minimum absolute atomic E-state index is 0.145. The van der Waals surface area contributed by atoms with Crippen molar-refractivity contribution in [2.24, 2.45) is 0 Å². The number of furan rings is 1. The van der Waals surface area contributed by atoms with Gasteiger partial charge in [-0.05, 0) is 23.1 Å². The van der Waals surface area contributed by atoms with Crippen LogP contribution in [0.2, 0.25) is 0 Å². The van der Waals surface area contributed by atoms with E-state index in [2.05, 4.69) is 17.1 Å². The van der Waals surface area contributed by atoms with Crippen LogP contribution in [0.5, 0.6) is 0 Å². The van der Waals surface area contributed by atoms with Crippen LogP contribution in [-0.2, 0) is 28.4 Å². The lowest BCUT2D eigenvalue weighted by atomic mass is 10.2. The molecule has 1 aromatic carbocycles. The zero-order valence-corrected chi connectivity index (χ0v) is 14.4. The fourth-order valence-electron chi connectivity index (χ4n) is 2.22. The summed E-state index contributed by atoms with van der Waals surface area (Å²) < 4.78 is 12.4. The summed E-state index contributed by atoms with van der Waals surface area (Å²) >= 11 is 1.47. The first-order valence-corrected chi connectivity index (χ1v) is 8.87. The second-order valence-electron chi connectivity index (χ2n) is 5.26. The summed E-state index contributed by atoms with van der Waals surface area (Å²) in [6, 6.07) is 13.8. The van der Waals surface area contributed by atoms with Gasteiger partial charge in [-0.25, -0.2) is 9.78 Å². The lowest BCUT2D eigenvalue weighted by molar-refractivity contribution is -0.139. The van der Waals surface area contributed by atoms with Gasteiger partial charge in [0.05, 0.1) is 12.0 Å². The number of carbonyl (C=O) groups excluding carboxylic acids is 1. The highest BCUT2D eigenvalue weighted by atomic mass is 32.2. The van der Waals surface area contributed by atoms with Crippen LogP contribution < -0.4 is 0 Å². The molecule has 0 radical (unpaired) electrons. The minimum atomic E-state index is -0.388. The number of carbonyl (C=O) groups is 1. The van der Waals surface area contributed by atoms with Gasteiger partial charge in [0.15, 0.2) is 0 Å². The van der Waals surface area contributed by atoms with Gasteiger partial charge in [-0.15, -0.1) is 11.8 Å². The van der Waals surface area contributed by atoms with E-state index in [1.54, 1.807) is 17.9 Å². The molecule has 3 aromatic rings. The molecular formula is C19H18N2O3S. The van der Waals surface area contributed by atoms with Crippen molar-refractivity contribution < 1.29 is 13.9 Å². The highest BCUT2D eigenvalue weighted by Crippen LogP contribution is 2.13. The Labute approximate surface area is 150 Å². The number of hydrogen-bond acceptors (Lipinski definition) is 5. The van der Waals surface area contributed by atoms with Crippen LogP contribution in [0, 0.1) is 0 Å². The number of benzene rings is 1. The van der Waals surface area contributed by atoms with Gasteiger partial charge in [0.25, 0.3) is 0 Å². The number of esters is 1. The van der Waals surface area contributed by atoms with Crippen LogP contribution in [0.3, 0.4) is 0 Å². The molecular weight excluding hydrogens is 336 g/mol. The Morgan fingerprint density at radius 1 is 1.24 bits per heavy atom. The molecule has 0 fully saturated rings. The van der Waals surface area contributed by atoms with Crippen molar-refractivity contribution >= 4 is 17.7 Å². The van der Waals surface area contributed by atoms with Crippen LogP contribution in [0.4, 0.5) is 0 Å². The maximum atomic E-state index is 11.8. The summed E-state index contributed by atoms with van der Waals surface area (Å²) in [6.07, 6.45) is 6.63. The number of ether oxygens (including phenoxy) is 1. The molecule has 0 spiro atoms. The lowest BCUT2D eigenvalue weighted by Gasteiger charge is -2.08. The maximum absolute atomic E-state index is 11.8. The van der Waals surface area contributed by atoms with Crippen LogP contribution in [0.1, 0.15) is 17.1 Å². The third-order valence-corrected chi connectivity index (χ3v) is 4.23. The summed E-state index contributed by atoms with van der Waals surface area (Å²) in [7, 11) is 0. The molecule has 0 aliphatic heterocycles. The Bertz CT molecular complexity index is 810. The summed E-state index contributed by atoms with van der Waals surface area (Å²) in [5.41, 5.74) is 1.17. The first-order valence-electron chi connectivity index (χ1n) is 7.82. The predicted octanol–water partition coefficient (Wildman–Crippen LogP) is 4.01. The average Bonchev–Trinajstić information content (AvgIpc) is 3.30. The van der Waals surface area contributed by atoms with E-state index in [9.17, 15) is 4.79 Å². The van der Waals surface area contributed by atoms with E-state index in [0.29, 0.717) is 18.1 Å². The van der Waals surface area contributed by atoms with Gasteiger partial charge in [-0.2, -0.15) is 0 Å². The molecule has 0 unspecified atom stereocenters. The molecule has 2 heterocycles. The SMILES string of the molecule is O=C(C=CSCc1ccco1)OCc1nccn1Cc1ccccc1. The normalized spacial score (nSPS) is 11.0. The monoisotopic (exact) mass is 354 g/mol. The van der Waals surface area contributed by atoms with Gasteiger partial charge in [0, 0.05) is 25.0 Å². The molecule has 0 aliphatic carbocycles. The molecule has 0 N–H and O–H groups in total. The van der Waals surface area contributed by atoms with Crippen molar-refractivity contribution in [3.63, 3.8) is 0 Å². The maximum Gasteiger partial charge on any atom is 0.331 e. The summed E-state index contributed by atoms with van der Waals surface area (Å²) in [4.78, 5) is 16.0. The molecule has 128 valence electrons. The molecule has 3 rings (SSSR count). The van der Waals surface area contributed by atoms with Gasteiger partial charge in [0.2, 0.25) is 0 Å². The third-order valence-electron chi connectivity index (χ3n) is 3.45. The smallest absolute Gasteiger partial charge is 0.331 e. The quantitative estimate of drug-likeness (QED) is 0.452. The van der Waals surface area contributed by atoms with Gasteiger partial charge in [-0.3, -0.25) is 0 Å². The standard InChI is InChI=1S/C19H18N2O3S/c22-19(8-12-25-15-17-7-4-11-23-17)24-14-18-20-9-10-21(18)13-16-5-2-1-3-6-16/h1-12H,13-15H2. The minimum Gasteiger partial charge on any atom is -0.468 e. The van der Waals surface area contributed by atoms with Crippen molar-refractivity contribution in [1.29, 1.82) is 0 Å². The van der Waals surface area contributed by atoms with E-state index >= 15 is 0 Å². The van der Waals surface area contributed by atoms with Crippen molar-refractivity contribution in [2.75, 3.05) is 0 Å². The van der Waals surface area contributed by atoms with Crippen LogP contribution in [0.15, 0.2) is 77.0 Å². The summed E-state index contributed by atoms with van der Waals surface area (Å²) in [6.45, 7) is 0.842. The van der Waals surface area contributed by atoms with Gasteiger partial charge < -0.3 is 13.7 Å². The third kappa shape index (κ3) is 5.39. The van der Waals surface area contributed by atoms with Crippen LogP contribution >= 0.6 is 11.8 Å². The largest absolute Gasteiger partial charge is 0.468 e. The Balaban J connectivity index is 1.45. The van der Waals surface area contributed by atoms with E-state index < -0.39 is 0 Å².